The standard InChI is InChI=1S/C31H39FN6O4/c1-4-20(2)29-31(42)34-25(18-22-9-6-5-7-10-22)30-33-21(3)36-38(30)16-15-37(14-8-11-27(40)35-29)28(41)19-23-12-13-26(39)24(32)17-23/h5-7,9-10,12-13,17,20,25,29,39H,4,8,11,14-16,18-19H2,1-3H3,(H,34,42)(H,35,40)/t20-,25-,29-/m0/s1. The number of aromatic nitrogens is 3. The van der Waals surface area contributed by atoms with Crippen LogP contribution in [0.4, 0.5) is 4.39 Å². The summed E-state index contributed by atoms with van der Waals surface area (Å²) in [6, 6.07) is 12.4. The molecule has 10 nitrogen and oxygen atoms in total. The molecule has 0 spiro atoms. The molecule has 0 saturated heterocycles. The van der Waals surface area contributed by atoms with Gasteiger partial charge in [-0.15, -0.1) is 0 Å². The van der Waals surface area contributed by atoms with Crippen LogP contribution in [0, 0.1) is 18.7 Å². The molecule has 3 N–H and O–H groups in total. The summed E-state index contributed by atoms with van der Waals surface area (Å²) >= 11 is 0. The predicted molar refractivity (Wildman–Crippen MR) is 155 cm³/mol. The molecular formula is C31H39FN6O4. The summed E-state index contributed by atoms with van der Waals surface area (Å²) in [5, 5.41) is 20.2. The van der Waals surface area contributed by atoms with E-state index < -0.39 is 23.7 Å². The first-order valence-corrected chi connectivity index (χ1v) is 14.4. The SMILES string of the molecule is CC[C@H](C)[C@@H]1NC(=O)CCCN(C(=O)Cc2ccc(O)c(F)c2)CCn2nc(C)nc2[C@H](Cc2ccccc2)NC1=O. The number of amides is 3. The van der Waals surface area contributed by atoms with Crippen molar-refractivity contribution in [2.24, 2.45) is 5.92 Å². The van der Waals surface area contributed by atoms with E-state index in [1.54, 1.807) is 16.5 Å². The zero-order valence-corrected chi connectivity index (χ0v) is 24.3. The molecule has 1 aliphatic rings. The number of aryl methyl sites for hydroxylation is 1. The summed E-state index contributed by atoms with van der Waals surface area (Å²) in [5.41, 5.74) is 1.44. The highest BCUT2D eigenvalue weighted by Gasteiger charge is 2.31. The number of aromatic hydroxyl groups is 1. The second-order valence-corrected chi connectivity index (χ2v) is 10.9. The molecule has 3 atom stereocenters. The minimum Gasteiger partial charge on any atom is -0.505 e. The van der Waals surface area contributed by atoms with Crippen LogP contribution < -0.4 is 10.6 Å². The zero-order chi connectivity index (χ0) is 30.2. The smallest absolute Gasteiger partial charge is 0.243 e. The average molecular weight is 579 g/mol. The fourth-order valence-corrected chi connectivity index (χ4v) is 5.11. The maximum Gasteiger partial charge on any atom is 0.243 e. The van der Waals surface area contributed by atoms with Crippen molar-refractivity contribution in [1.29, 1.82) is 0 Å². The van der Waals surface area contributed by atoms with E-state index in [2.05, 4.69) is 20.7 Å². The molecule has 0 fully saturated rings. The first-order valence-electron chi connectivity index (χ1n) is 14.4. The van der Waals surface area contributed by atoms with Crippen LogP contribution in [0.15, 0.2) is 48.5 Å². The Balaban J connectivity index is 1.66. The maximum absolute atomic E-state index is 13.9. The summed E-state index contributed by atoms with van der Waals surface area (Å²) in [5.74, 6) is -1.06. The summed E-state index contributed by atoms with van der Waals surface area (Å²) in [7, 11) is 0. The fourth-order valence-electron chi connectivity index (χ4n) is 5.11. The average Bonchev–Trinajstić information content (AvgIpc) is 3.34. The number of nitrogens with one attached hydrogen (secondary N) is 2. The van der Waals surface area contributed by atoms with Gasteiger partial charge in [-0.1, -0.05) is 56.7 Å². The molecule has 224 valence electrons. The number of carbonyl (C=O) groups is 3. The highest BCUT2D eigenvalue weighted by atomic mass is 19.1. The Labute approximate surface area is 245 Å². The fraction of sp³-hybridized carbons (Fsp3) is 0.452. The minimum atomic E-state index is -0.789. The molecule has 0 unspecified atom stereocenters. The number of benzene rings is 2. The molecule has 0 bridgehead atoms. The van der Waals surface area contributed by atoms with Gasteiger partial charge < -0.3 is 20.6 Å². The number of phenolic OH excluding ortho intramolecular Hbond substituents is 1. The zero-order valence-electron chi connectivity index (χ0n) is 24.3. The predicted octanol–water partition coefficient (Wildman–Crippen LogP) is 3.23. The lowest BCUT2D eigenvalue weighted by Gasteiger charge is -2.28. The summed E-state index contributed by atoms with van der Waals surface area (Å²) < 4.78 is 15.7. The van der Waals surface area contributed by atoms with Gasteiger partial charge in [0.1, 0.15) is 17.7 Å². The van der Waals surface area contributed by atoms with Crippen molar-refractivity contribution in [2.45, 2.75) is 71.5 Å². The number of nitrogens with zero attached hydrogens (tertiary/aromatic N) is 4. The van der Waals surface area contributed by atoms with E-state index in [4.69, 9.17) is 0 Å². The Morgan fingerprint density at radius 2 is 1.86 bits per heavy atom. The van der Waals surface area contributed by atoms with Gasteiger partial charge in [-0.05, 0) is 48.9 Å². The largest absolute Gasteiger partial charge is 0.505 e. The lowest BCUT2D eigenvalue weighted by atomic mass is 9.97. The van der Waals surface area contributed by atoms with E-state index in [0.717, 1.165) is 11.6 Å². The van der Waals surface area contributed by atoms with Gasteiger partial charge in [0.15, 0.2) is 11.6 Å². The van der Waals surface area contributed by atoms with Crippen molar-refractivity contribution in [1.82, 2.24) is 30.3 Å². The molecule has 3 aromatic rings. The van der Waals surface area contributed by atoms with Crippen molar-refractivity contribution in [3.05, 3.63) is 77.1 Å². The van der Waals surface area contributed by atoms with Gasteiger partial charge in [-0.3, -0.25) is 14.4 Å². The first-order chi connectivity index (χ1) is 20.1. The van der Waals surface area contributed by atoms with Gasteiger partial charge in [0, 0.05) is 19.5 Å². The highest BCUT2D eigenvalue weighted by molar-refractivity contribution is 5.88. The van der Waals surface area contributed by atoms with E-state index in [0.29, 0.717) is 49.6 Å². The maximum atomic E-state index is 13.9. The van der Waals surface area contributed by atoms with E-state index >= 15 is 0 Å². The lowest BCUT2D eigenvalue weighted by Crippen LogP contribution is -2.51. The Morgan fingerprint density at radius 1 is 1.10 bits per heavy atom. The molecular weight excluding hydrogens is 539 g/mol. The van der Waals surface area contributed by atoms with Crippen LogP contribution in [-0.4, -0.2) is 61.6 Å². The van der Waals surface area contributed by atoms with Crippen LogP contribution >= 0.6 is 0 Å². The van der Waals surface area contributed by atoms with Gasteiger partial charge in [0.25, 0.3) is 0 Å². The topological polar surface area (TPSA) is 129 Å². The Bertz CT molecular complexity index is 1400. The molecule has 2 heterocycles. The molecule has 1 aromatic heterocycles. The van der Waals surface area contributed by atoms with Crippen molar-refractivity contribution < 1.29 is 23.9 Å². The third-order valence-electron chi connectivity index (χ3n) is 7.66. The Hall–Kier alpha value is -4.28. The third kappa shape index (κ3) is 7.92. The number of rotatable bonds is 6. The molecule has 2 aromatic carbocycles. The first kappa shape index (κ1) is 30.7. The summed E-state index contributed by atoms with van der Waals surface area (Å²) in [6.07, 6.45) is 1.61. The lowest BCUT2D eigenvalue weighted by molar-refractivity contribution is -0.132. The van der Waals surface area contributed by atoms with Crippen LogP contribution in [0.2, 0.25) is 0 Å². The summed E-state index contributed by atoms with van der Waals surface area (Å²) in [6.45, 7) is 6.56. The van der Waals surface area contributed by atoms with E-state index in [1.807, 2.05) is 44.2 Å². The molecule has 0 aliphatic carbocycles. The number of hydrogen-bond donors (Lipinski definition) is 3. The Morgan fingerprint density at radius 3 is 2.57 bits per heavy atom. The summed E-state index contributed by atoms with van der Waals surface area (Å²) in [4.78, 5) is 46.3. The van der Waals surface area contributed by atoms with Gasteiger partial charge in [0.2, 0.25) is 17.7 Å². The molecule has 42 heavy (non-hydrogen) atoms. The number of fused-ring (bicyclic) bond motifs is 1. The van der Waals surface area contributed by atoms with Gasteiger partial charge >= 0.3 is 0 Å². The number of phenols is 1. The molecule has 4 rings (SSSR count). The molecule has 3 amide bonds. The van der Waals surface area contributed by atoms with Gasteiger partial charge in [0.05, 0.1) is 19.0 Å². The highest BCUT2D eigenvalue weighted by Crippen LogP contribution is 2.21. The monoisotopic (exact) mass is 578 g/mol. The third-order valence-corrected chi connectivity index (χ3v) is 7.66. The number of hydrogen-bond acceptors (Lipinski definition) is 6. The van der Waals surface area contributed by atoms with Crippen molar-refractivity contribution >= 4 is 17.7 Å². The molecule has 0 radical (unpaired) electrons. The van der Waals surface area contributed by atoms with Crippen molar-refractivity contribution in [3.63, 3.8) is 0 Å². The van der Waals surface area contributed by atoms with Crippen LogP contribution in [0.25, 0.3) is 0 Å². The van der Waals surface area contributed by atoms with Crippen LogP contribution in [0.1, 0.15) is 61.9 Å². The quantitative estimate of drug-likeness (QED) is 0.412. The van der Waals surface area contributed by atoms with Crippen LogP contribution in [0.3, 0.4) is 0 Å². The minimum absolute atomic E-state index is 0.0601. The number of carbonyl (C=O) groups excluding carboxylic acids is 3. The Kier molecular flexibility index (Phi) is 10.3. The van der Waals surface area contributed by atoms with Crippen LogP contribution in [0.5, 0.6) is 5.75 Å². The molecule has 11 heteroatoms. The molecule has 1 aliphatic heterocycles. The van der Waals surface area contributed by atoms with E-state index in [9.17, 15) is 23.9 Å². The van der Waals surface area contributed by atoms with Crippen molar-refractivity contribution in [2.75, 3.05) is 13.1 Å². The van der Waals surface area contributed by atoms with Crippen LogP contribution in [-0.2, 0) is 33.8 Å². The van der Waals surface area contributed by atoms with Gasteiger partial charge in [-0.2, -0.15) is 5.10 Å². The van der Waals surface area contributed by atoms with Gasteiger partial charge in [-0.25, -0.2) is 14.1 Å². The number of halogens is 1. The van der Waals surface area contributed by atoms with Crippen molar-refractivity contribution in [3.8, 4) is 5.75 Å². The second-order valence-electron chi connectivity index (χ2n) is 10.9. The normalized spacial score (nSPS) is 19.3. The molecule has 0 saturated carbocycles. The van der Waals surface area contributed by atoms with E-state index in [-0.39, 0.29) is 43.0 Å². The van der Waals surface area contributed by atoms with E-state index in [1.165, 1.54) is 12.1 Å². The second kappa shape index (κ2) is 14.1.